The molecular formula is C10H10. The highest BCUT2D eigenvalue weighted by Gasteiger charge is 1.82. The minimum absolute atomic E-state index is 1.18. The topological polar surface area (TPSA) is 0 Å². The van der Waals surface area contributed by atoms with Crippen molar-refractivity contribution in [3.05, 3.63) is 60.8 Å². The van der Waals surface area contributed by atoms with Gasteiger partial charge in [0.1, 0.15) is 0 Å². The molecule has 0 bridgehead atoms. The Labute approximate surface area is 61.6 Å². The van der Waals surface area contributed by atoms with Crippen molar-refractivity contribution in [2.75, 3.05) is 0 Å². The molecule has 0 heteroatoms. The Kier molecular flexibility index (Phi) is 2.50. The zero-order valence-corrected chi connectivity index (χ0v) is 5.83. The Morgan fingerprint density at radius 1 is 1.00 bits per heavy atom. The van der Waals surface area contributed by atoms with Crippen LogP contribution in [0.1, 0.15) is 0 Å². The normalized spacial score (nSPS) is 15.0. The summed E-state index contributed by atoms with van der Waals surface area (Å²) in [7, 11) is 0. The summed E-state index contributed by atoms with van der Waals surface area (Å²) < 4.78 is 0. The monoisotopic (exact) mass is 130 g/mol. The highest BCUT2D eigenvalue weighted by molar-refractivity contribution is 5.38. The lowest BCUT2D eigenvalue weighted by atomic mass is 10.2. The van der Waals surface area contributed by atoms with E-state index in [-0.39, 0.29) is 0 Å². The molecule has 0 saturated carbocycles. The van der Waals surface area contributed by atoms with Gasteiger partial charge in [0.05, 0.1) is 0 Å². The van der Waals surface area contributed by atoms with Gasteiger partial charge < -0.3 is 0 Å². The van der Waals surface area contributed by atoms with E-state index in [2.05, 4.69) is 6.58 Å². The first kappa shape index (κ1) is 6.81. The van der Waals surface area contributed by atoms with Gasteiger partial charge in [0, 0.05) is 0 Å². The maximum atomic E-state index is 3.62. The first-order valence-corrected chi connectivity index (χ1v) is 3.27. The van der Waals surface area contributed by atoms with Gasteiger partial charge in [-0.1, -0.05) is 55.2 Å². The van der Waals surface area contributed by atoms with Crippen molar-refractivity contribution in [1.29, 1.82) is 0 Å². The maximum absolute atomic E-state index is 3.62. The second-order valence-corrected chi connectivity index (χ2v) is 2.01. The second kappa shape index (κ2) is 3.67. The van der Waals surface area contributed by atoms with Crippen molar-refractivity contribution < 1.29 is 0 Å². The molecule has 0 amide bonds. The molecule has 1 rings (SSSR count). The Morgan fingerprint density at radius 2 is 1.60 bits per heavy atom. The summed E-state index contributed by atoms with van der Waals surface area (Å²) in [6, 6.07) is 0. The first-order valence-electron chi connectivity index (χ1n) is 3.27. The first-order chi connectivity index (χ1) is 4.93. The summed E-state index contributed by atoms with van der Waals surface area (Å²) in [5.41, 5.74) is 1.18. The molecule has 0 radical (unpaired) electrons. The quantitative estimate of drug-likeness (QED) is 0.512. The van der Waals surface area contributed by atoms with Gasteiger partial charge in [0.2, 0.25) is 0 Å². The second-order valence-electron chi connectivity index (χ2n) is 2.01. The maximum Gasteiger partial charge on any atom is -0.0257 e. The van der Waals surface area contributed by atoms with E-state index < -0.39 is 0 Å². The van der Waals surface area contributed by atoms with Crippen molar-refractivity contribution in [3.8, 4) is 0 Å². The van der Waals surface area contributed by atoms with Crippen molar-refractivity contribution in [2.45, 2.75) is 0 Å². The standard InChI is InChI=1S/C10H10/c1-2-7-10-8-5-3-4-6-9-10/h2-9H,1H2. The molecule has 0 heterocycles. The smallest absolute Gasteiger partial charge is 0.0257 e. The van der Waals surface area contributed by atoms with Crippen molar-refractivity contribution in [1.82, 2.24) is 0 Å². The predicted octanol–water partition coefficient (Wildman–Crippen LogP) is 2.78. The summed E-state index contributed by atoms with van der Waals surface area (Å²) in [5, 5.41) is 0. The lowest BCUT2D eigenvalue weighted by molar-refractivity contribution is 1.71. The van der Waals surface area contributed by atoms with E-state index in [4.69, 9.17) is 0 Å². The van der Waals surface area contributed by atoms with Gasteiger partial charge in [-0.15, -0.1) is 0 Å². The molecule has 0 N–H and O–H groups in total. The van der Waals surface area contributed by atoms with Crippen LogP contribution in [0.4, 0.5) is 0 Å². The molecule has 0 aromatic carbocycles. The summed E-state index contributed by atoms with van der Waals surface area (Å²) in [6.07, 6.45) is 15.9. The van der Waals surface area contributed by atoms with Gasteiger partial charge in [-0.2, -0.15) is 0 Å². The van der Waals surface area contributed by atoms with Crippen LogP contribution in [0.5, 0.6) is 0 Å². The van der Waals surface area contributed by atoms with Crippen LogP contribution in [0.15, 0.2) is 60.8 Å². The molecule has 0 saturated heterocycles. The minimum Gasteiger partial charge on any atom is -0.0990 e. The fourth-order valence-corrected chi connectivity index (χ4v) is 0.764. The van der Waals surface area contributed by atoms with E-state index in [9.17, 15) is 0 Å². The Balaban J connectivity index is 2.81. The number of allylic oxidation sites excluding steroid dienone is 9. The molecule has 1 aliphatic rings. The summed E-state index contributed by atoms with van der Waals surface area (Å²) >= 11 is 0. The van der Waals surface area contributed by atoms with Crippen LogP contribution < -0.4 is 0 Å². The molecule has 50 valence electrons. The van der Waals surface area contributed by atoms with E-state index in [0.717, 1.165) is 0 Å². The Morgan fingerprint density at radius 3 is 2.10 bits per heavy atom. The van der Waals surface area contributed by atoms with Crippen LogP contribution in [-0.2, 0) is 0 Å². The highest BCUT2D eigenvalue weighted by Crippen LogP contribution is 2.03. The lowest BCUT2D eigenvalue weighted by Gasteiger charge is -1.85. The summed E-state index contributed by atoms with van der Waals surface area (Å²) in [4.78, 5) is 0. The van der Waals surface area contributed by atoms with E-state index in [1.807, 2.05) is 42.5 Å². The zero-order valence-electron chi connectivity index (χ0n) is 5.83. The van der Waals surface area contributed by atoms with Crippen LogP contribution in [-0.4, -0.2) is 0 Å². The average molecular weight is 130 g/mol. The lowest BCUT2D eigenvalue weighted by Crippen LogP contribution is -1.65. The molecule has 0 atom stereocenters. The summed E-state index contributed by atoms with van der Waals surface area (Å²) in [5.74, 6) is 0. The van der Waals surface area contributed by atoms with Gasteiger partial charge in [-0.3, -0.25) is 0 Å². The van der Waals surface area contributed by atoms with Crippen LogP contribution in [0, 0.1) is 0 Å². The Bertz CT molecular complexity index is 206. The van der Waals surface area contributed by atoms with Crippen molar-refractivity contribution in [3.63, 3.8) is 0 Å². The number of rotatable bonds is 1. The molecule has 0 aromatic rings. The molecule has 1 aliphatic carbocycles. The third-order valence-corrected chi connectivity index (χ3v) is 1.22. The fraction of sp³-hybridized carbons (Fsp3) is 0. The zero-order chi connectivity index (χ0) is 7.23. The van der Waals surface area contributed by atoms with E-state index in [1.54, 1.807) is 6.08 Å². The number of hydrogen-bond acceptors (Lipinski definition) is 0. The molecule has 0 nitrogen and oxygen atoms in total. The molecule has 0 spiro atoms. The summed E-state index contributed by atoms with van der Waals surface area (Å²) in [6.45, 7) is 3.62. The number of hydrogen-bond donors (Lipinski definition) is 0. The third-order valence-electron chi connectivity index (χ3n) is 1.22. The SMILES string of the molecule is C=CC=C1C=CC=CC=C1. The largest absolute Gasteiger partial charge is 0.0990 e. The van der Waals surface area contributed by atoms with Crippen LogP contribution >= 0.6 is 0 Å². The van der Waals surface area contributed by atoms with Gasteiger partial charge in [0.25, 0.3) is 0 Å². The predicted molar refractivity (Wildman–Crippen MR) is 45.7 cm³/mol. The minimum atomic E-state index is 1.18. The third kappa shape index (κ3) is 1.90. The van der Waals surface area contributed by atoms with E-state index >= 15 is 0 Å². The van der Waals surface area contributed by atoms with Gasteiger partial charge >= 0.3 is 0 Å². The van der Waals surface area contributed by atoms with E-state index in [0.29, 0.717) is 0 Å². The molecule has 0 aliphatic heterocycles. The van der Waals surface area contributed by atoms with Crippen molar-refractivity contribution in [2.24, 2.45) is 0 Å². The van der Waals surface area contributed by atoms with Crippen LogP contribution in [0.3, 0.4) is 0 Å². The average Bonchev–Trinajstić information content (AvgIpc) is 2.17. The Hall–Kier alpha value is -1.30. The molecule has 0 fully saturated rings. The van der Waals surface area contributed by atoms with Gasteiger partial charge in [-0.25, -0.2) is 0 Å². The molecule has 0 aromatic heterocycles. The van der Waals surface area contributed by atoms with Crippen molar-refractivity contribution >= 4 is 0 Å². The molecule has 0 unspecified atom stereocenters. The van der Waals surface area contributed by atoms with Crippen LogP contribution in [0.25, 0.3) is 0 Å². The van der Waals surface area contributed by atoms with E-state index in [1.165, 1.54) is 5.57 Å². The highest BCUT2D eigenvalue weighted by atomic mass is 13.9. The van der Waals surface area contributed by atoms with Crippen LogP contribution in [0.2, 0.25) is 0 Å². The molecule has 10 heavy (non-hydrogen) atoms. The van der Waals surface area contributed by atoms with Gasteiger partial charge in [0.15, 0.2) is 0 Å². The van der Waals surface area contributed by atoms with Gasteiger partial charge in [-0.05, 0) is 5.57 Å². The molecular weight excluding hydrogens is 120 g/mol. The fourth-order valence-electron chi connectivity index (χ4n) is 0.764.